The van der Waals surface area contributed by atoms with Crippen molar-refractivity contribution in [1.82, 2.24) is 4.90 Å². The van der Waals surface area contributed by atoms with Crippen LogP contribution in [0.3, 0.4) is 0 Å². The van der Waals surface area contributed by atoms with Crippen molar-refractivity contribution in [1.29, 1.82) is 0 Å². The Kier molecular flexibility index (Phi) is 8.29. The first kappa shape index (κ1) is 25.1. The molecule has 1 aliphatic rings. The summed E-state index contributed by atoms with van der Waals surface area (Å²) in [6.07, 6.45) is 0.0714. The summed E-state index contributed by atoms with van der Waals surface area (Å²) in [5.74, 6) is 0.798. The molecule has 1 N–H and O–H groups in total. The van der Waals surface area contributed by atoms with Crippen LogP contribution in [-0.2, 0) is 16.1 Å². The van der Waals surface area contributed by atoms with Gasteiger partial charge in [-0.25, -0.2) is 4.99 Å². The number of halogens is 1. The van der Waals surface area contributed by atoms with Crippen molar-refractivity contribution < 1.29 is 19.1 Å². The summed E-state index contributed by atoms with van der Waals surface area (Å²) >= 11 is 3.50. The monoisotopic (exact) mass is 601 g/mol. The Balaban J connectivity index is 1.59. The third-order valence-electron chi connectivity index (χ3n) is 5.31. The number of nitrogens with one attached hydrogen (secondary N) is 1. The molecule has 1 aliphatic heterocycles. The van der Waals surface area contributed by atoms with E-state index in [2.05, 4.69) is 27.9 Å². The summed E-state index contributed by atoms with van der Waals surface area (Å²) in [4.78, 5) is 32.6. The Morgan fingerprint density at radius 3 is 2.46 bits per heavy atom. The second kappa shape index (κ2) is 11.6. The van der Waals surface area contributed by atoms with Crippen LogP contribution in [0.1, 0.15) is 12.0 Å². The number of amidine groups is 1. The third kappa shape index (κ3) is 6.34. The number of hydrogen-bond donors (Lipinski definition) is 1. The minimum absolute atomic E-state index is 0.0714. The van der Waals surface area contributed by atoms with E-state index in [4.69, 9.17) is 14.5 Å². The zero-order valence-corrected chi connectivity index (χ0v) is 22.2. The molecule has 7 nitrogen and oxygen atoms in total. The van der Waals surface area contributed by atoms with Crippen LogP contribution >= 0.6 is 34.4 Å². The average Bonchev–Trinajstić information content (AvgIpc) is 2.87. The first-order chi connectivity index (χ1) is 17.0. The molecule has 0 bridgehead atoms. The zero-order chi connectivity index (χ0) is 24.8. The average molecular weight is 601 g/mol. The van der Waals surface area contributed by atoms with Crippen LogP contribution in [0.5, 0.6) is 11.5 Å². The molecule has 3 aromatic rings. The number of rotatable bonds is 7. The molecule has 0 spiro atoms. The van der Waals surface area contributed by atoms with Gasteiger partial charge in [-0.15, -0.1) is 0 Å². The standard InChI is InChI=1S/C26H24IN3O4S/c1-33-21-13-8-17(14-22(21)34-2)16-30-24(31)15-23(25(32)28-20-11-9-18(27)10-12-20)35-26(30)29-19-6-4-3-5-7-19/h3-14,23H,15-16H2,1-2H3,(H,28,32). The Labute approximate surface area is 222 Å². The molecule has 1 atom stereocenters. The molecule has 1 unspecified atom stereocenters. The molecule has 1 heterocycles. The highest BCUT2D eigenvalue weighted by molar-refractivity contribution is 14.1. The van der Waals surface area contributed by atoms with E-state index in [9.17, 15) is 9.59 Å². The Morgan fingerprint density at radius 2 is 1.77 bits per heavy atom. The van der Waals surface area contributed by atoms with E-state index in [1.54, 1.807) is 25.2 Å². The van der Waals surface area contributed by atoms with Gasteiger partial charge in [0.2, 0.25) is 11.8 Å². The van der Waals surface area contributed by atoms with Crippen molar-refractivity contribution in [2.75, 3.05) is 19.5 Å². The van der Waals surface area contributed by atoms with Crippen molar-refractivity contribution in [3.8, 4) is 11.5 Å². The van der Waals surface area contributed by atoms with Gasteiger partial charge >= 0.3 is 0 Å². The topological polar surface area (TPSA) is 80.2 Å². The van der Waals surface area contributed by atoms with Crippen LogP contribution in [0.25, 0.3) is 0 Å². The summed E-state index contributed by atoms with van der Waals surface area (Å²) in [6.45, 7) is 0.295. The molecule has 9 heteroatoms. The van der Waals surface area contributed by atoms with Crippen molar-refractivity contribution in [2.24, 2.45) is 4.99 Å². The first-order valence-corrected chi connectivity index (χ1v) is 12.8. The van der Waals surface area contributed by atoms with Gasteiger partial charge in [0.15, 0.2) is 16.7 Å². The van der Waals surface area contributed by atoms with Gasteiger partial charge in [-0.3, -0.25) is 14.5 Å². The molecule has 180 valence electrons. The molecule has 3 aromatic carbocycles. The molecule has 4 rings (SSSR count). The summed E-state index contributed by atoms with van der Waals surface area (Å²) < 4.78 is 11.8. The highest BCUT2D eigenvalue weighted by Crippen LogP contribution is 2.33. The Bertz CT molecular complexity index is 1240. The van der Waals surface area contributed by atoms with Crippen LogP contribution in [0.15, 0.2) is 77.8 Å². The fourth-order valence-electron chi connectivity index (χ4n) is 3.53. The summed E-state index contributed by atoms with van der Waals surface area (Å²) in [5.41, 5.74) is 2.26. The van der Waals surface area contributed by atoms with E-state index in [1.165, 1.54) is 11.8 Å². The number of amides is 2. The number of aliphatic imine (C=N–C) groups is 1. The predicted octanol–water partition coefficient (Wildman–Crippen LogP) is 5.47. The quantitative estimate of drug-likeness (QED) is 0.364. The fourth-order valence-corrected chi connectivity index (χ4v) is 4.98. The van der Waals surface area contributed by atoms with Crippen LogP contribution < -0.4 is 14.8 Å². The molecule has 1 fully saturated rings. The smallest absolute Gasteiger partial charge is 0.238 e. The molecule has 0 aromatic heterocycles. The molecule has 1 saturated heterocycles. The van der Waals surface area contributed by atoms with Gasteiger partial charge in [0.1, 0.15) is 5.25 Å². The molecule has 0 radical (unpaired) electrons. The maximum absolute atomic E-state index is 13.3. The van der Waals surface area contributed by atoms with E-state index < -0.39 is 5.25 Å². The Hall–Kier alpha value is -3.05. The third-order valence-corrected chi connectivity index (χ3v) is 7.22. The molecular formula is C26H24IN3O4S. The van der Waals surface area contributed by atoms with Gasteiger partial charge in [-0.05, 0) is 76.7 Å². The number of benzene rings is 3. The normalized spacial score (nSPS) is 16.8. The second-order valence-corrected chi connectivity index (χ2v) is 10.1. The van der Waals surface area contributed by atoms with E-state index in [0.29, 0.717) is 34.6 Å². The summed E-state index contributed by atoms with van der Waals surface area (Å²) in [5, 5.41) is 2.80. The molecule has 35 heavy (non-hydrogen) atoms. The number of anilines is 1. The van der Waals surface area contributed by atoms with Crippen molar-refractivity contribution in [3.05, 3.63) is 81.9 Å². The van der Waals surface area contributed by atoms with Gasteiger partial charge in [0, 0.05) is 15.7 Å². The first-order valence-electron chi connectivity index (χ1n) is 10.8. The number of hydrogen-bond acceptors (Lipinski definition) is 6. The lowest BCUT2D eigenvalue weighted by Gasteiger charge is -2.32. The molecular weight excluding hydrogens is 577 g/mol. The van der Waals surface area contributed by atoms with Crippen molar-refractivity contribution >= 4 is 62.7 Å². The van der Waals surface area contributed by atoms with Crippen LogP contribution in [0.2, 0.25) is 0 Å². The number of para-hydroxylation sites is 1. The van der Waals surface area contributed by atoms with Gasteiger partial charge in [-0.2, -0.15) is 0 Å². The lowest BCUT2D eigenvalue weighted by Crippen LogP contribution is -2.44. The van der Waals surface area contributed by atoms with Gasteiger partial charge in [-0.1, -0.05) is 36.0 Å². The highest BCUT2D eigenvalue weighted by atomic mass is 127. The number of carbonyl (C=O) groups is 2. The SMILES string of the molecule is COc1ccc(CN2C(=O)CC(C(=O)Nc3ccc(I)cc3)SC2=Nc2ccccc2)cc1OC. The second-order valence-electron chi connectivity index (χ2n) is 7.71. The largest absolute Gasteiger partial charge is 0.493 e. The zero-order valence-electron chi connectivity index (χ0n) is 19.2. The van der Waals surface area contributed by atoms with E-state index >= 15 is 0 Å². The van der Waals surface area contributed by atoms with Crippen molar-refractivity contribution in [2.45, 2.75) is 18.2 Å². The lowest BCUT2D eigenvalue weighted by atomic mass is 10.1. The number of nitrogens with zero attached hydrogens (tertiary/aromatic N) is 2. The maximum Gasteiger partial charge on any atom is 0.238 e. The van der Waals surface area contributed by atoms with Crippen LogP contribution in [-0.4, -0.2) is 41.4 Å². The van der Waals surface area contributed by atoms with E-state index in [-0.39, 0.29) is 18.2 Å². The number of methoxy groups -OCH3 is 2. The molecule has 0 saturated carbocycles. The highest BCUT2D eigenvalue weighted by Gasteiger charge is 2.36. The number of ether oxygens (including phenoxy) is 2. The van der Waals surface area contributed by atoms with E-state index in [1.807, 2.05) is 66.7 Å². The van der Waals surface area contributed by atoms with E-state index in [0.717, 1.165) is 9.13 Å². The minimum Gasteiger partial charge on any atom is -0.493 e. The molecule has 2 amide bonds. The summed E-state index contributed by atoms with van der Waals surface area (Å²) in [7, 11) is 3.15. The predicted molar refractivity (Wildman–Crippen MR) is 147 cm³/mol. The fraction of sp³-hybridized carbons (Fsp3) is 0.192. The van der Waals surface area contributed by atoms with Gasteiger partial charge < -0.3 is 14.8 Å². The lowest BCUT2D eigenvalue weighted by molar-refractivity contribution is -0.129. The summed E-state index contributed by atoms with van der Waals surface area (Å²) in [6, 6.07) is 22.5. The maximum atomic E-state index is 13.3. The van der Waals surface area contributed by atoms with Gasteiger partial charge in [0.25, 0.3) is 0 Å². The number of thioether (sulfide) groups is 1. The Morgan fingerprint density at radius 1 is 1.06 bits per heavy atom. The van der Waals surface area contributed by atoms with Crippen LogP contribution in [0, 0.1) is 3.57 Å². The van der Waals surface area contributed by atoms with Gasteiger partial charge in [0.05, 0.1) is 26.5 Å². The van der Waals surface area contributed by atoms with Crippen LogP contribution in [0.4, 0.5) is 11.4 Å². The van der Waals surface area contributed by atoms with Crippen molar-refractivity contribution in [3.63, 3.8) is 0 Å². The molecule has 0 aliphatic carbocycles. The minimum atomic E-state index is -0.592. The number of carbonyl (C=O) groups excluding carboxylic acids is 2.